The molecule has 0 aromatic carbocycles. The molecule has 2 amide bonds. The quantitative estimate of drug-likeness (QED) is 0.789. The van der Waals surface area contributed by atoms with Crippen LogP contribution in [0.1, 0.15) is 51.9 Å². The molecular formula is C13H25N3O. The van der Waals surface area contributed by atoms with Crippen molar-refractivity contribution in [3.05, 3.63) is 0 Å². The largest absolute Gasteiger partial charge is 0.335 e. The Bertz CT molecular complexity index is 268. The van der Waals surface area contributed by atoms with Crippen LogP contribution in [0.4, 0.5) is 4.79 Å². The Balaban J connectivity index is 1.71. The van der Waals surface area contributed by atoms with Gasteiger partial charge in [-0.2, -0.15) is 0 Å². The number of carbonyl (C=O) groups excluding carboxylic acids is 1. The fourth-order valence-corrected chi connectivity index (χ4v) is 3.03. The normalized spacial score (nSPS) is 24.2. The number of rotatable bonds is 3. The van der Waals surface area contributed by atoms with Crippen LogP contribution in [-0.2, 0) is 0 Å². The predicted molar refractivity (Wildman–Crippen MR) is 68.8 cm³/mol. The minimum atomic E-state index is -0.112. The Kier molecular flexibility index (Phi) is 3.92. The number of nitrogens with one attached hydrogen (secondary N) is 1. The molecule has 1 saturated heterocycles. The average Bonchev–Trinajstić information content (AvgIpc) is 2.27. The molecule has 1 aliphatic heterocycles. The fourth-order valence-electron chi connectivity index (χ4n) is 3.03. The van der Waals surface area contributed by atoms with Crippen LogP contribution in [0.15, 0.2) is 0 Å². The number of likely N-dealkylation sites (tertiary alicyclic amines) is 1. The summed E-state index contributed by atoms with van der Waals surface area (Å²) in [6.45, 7) is 3.58. The summed E-state index contributed by atoms with van der Waals surface area (Å²) >= 11 is 0. The van der Waals surface area contributed by atoms with Gasteiger partial charge in [-0.25, -0.2) is 4.79 Å². The van der Waals surface area contributed by atoms with Crippen molar-refractivity contribution in [3.63, 3.8) is 0 Å². The second-order valence-corrected chi connectivity index (χ2v) is 5.75. The first-order valence-corrected chi connectivity index (χ1v) is 6.97. The highest BCUT2D eigenvalue weighted by molar-refractivity contribution is 5.76. The number of nitrogens with zero attached hydrogens (tertiary/aromatic N) is 1. The summed E-state index contributed by atoms with van der Waals surface area (Å²) in [5, 5.41) is 3.13. The molecule has 0 aromatic rings. The van der Waals surface area contributed by atoms with Crippen molar-refractivity contribution in [2.75, 3.05) is 13.1 Å². The van der Waals surface area contributed by atoms with Gasteiger partial charge in [0.1, 0.15) is 0 Å². The van der Waals surface area contributed by atoms with E-state index in [0.717, 1.165) is 38.8 Å². The van der Waals surface area contributed by atoms with Gasteiger partial charge < -0.3 is 16.0 Å². The highest BCUT2D eigenvalue weighted by Gasteiger charge is 2.41. The van der Waals surface area contributed by atoms with Crippen molar-refractivity contribution < 1.29 is 4.79 Å². The van der Waals surface area contributed by atoms with E-state index >= 15 is 0 Å². The summed E-state index contributed by atoms with van der Waals surface area (Å²) in [5.41, 5.74) is 6.04. The molecule has 2 aliphatic rings. The lowest BCUT2D eigenvalue weighted by molar-refractivity contribution is 0.0869. The van der Waals surface area contributed by atoms with E-state index in [1.54, 1.807) is 0 Å². The number of urea groups is 1. The van der Waals surface area contributed by atoms with Crippen LogP contribution < -0.4 is 11.1 Å². The maximum Gasteiger partial charge on any atom is 0.317 e. The Morgan fingerprint density at radius 3 is 2.59 bits per heavy atom. The lowest BCUT2D eigenvalue weighted by Gasteiger charge is -2.48. The van der Waals surface area contributed by atoms with Crippen molar-refractivity contribution in [1.29, 1.82) is 0 Å². The molecule has 1 saturated carbocycles. The molecule has 0 aromatic heterocycles. The van der Waals surface area contributed by atoms with Crippen LogP contribution in [0.3, 0.4) is 0 Å². The van der Waals surface area contributed by atoms with E-state index in [1.165, 1.54) is 19.3 Å². The van der Waals surface area contributed by atoms with Gasteiger partial charge in [0.05, 0.1) is 5.54 Å². The number of amides is 2. The van der Waals surface area contributed by atoms with Gasteiger partial charge in [0.15, 0.2) is 0 Å². The monoisotopic (exact) mass is 239 g/mol. The number of carbonyl (C=O) groups is 1. The fraction of sp³-hybridized carbons (Fsp3) is 0.923. The Labute approximate surface area is 104 Å². The zero-order valence-electron chi connectivity index (χ0n) is 10.9. The Morgan fingerprint density at radius 1 is 1.35 bits per heavy atom. The van der Waals surface area contributed by atoms with Gasteiger partial charge in [0.25, 0.3) is 0 Å². The van der Waals surface area contributed by atoms with Gasteiger partial charge >= 0.3 is 6.03 Å². The summed E-state index contributed by atoms with van der Waals surface area (Å²) in [5.74, 6) is 0. The third-order valence-electron chi connectivity index (χ3n) is 3.98. The summed E-state index contributed by atoms with van der Waals surface area (Å²) < 4.78 is 0. The van der Waals surface area contributed by atoms with Crippen molar-refractivity contribution >= 4 is 6.03 Å². The first kappa shape index (κ1) is 12.7. The number of nitrogens with two attached hydrogens (primary N) is 1. The lowest BCUT2D eigenvalue weighted by Crippen LogP contribution is -2.70. The van der Waals surface area contributed by atoms with E-state index in [1.807, 2.05) is 4.90 Å². The molecule has 2 rings (SSSR count). The van der Waals surface area contributed by atoms with E-state index < -0.39 is 0 Å². The van der Waals surface area contributed by atoms with E-state index in [9.17, 15) is 4.79 Å². The van der Waals surface area contributed by atoms with Gasteiger partial charge in [0.2, 0.25) is 0 Å². The molecule has 0 unspecified atom stereocenters. The molecule has 0 atom stereocenters. The summed E-state index contributed by atoms with van der Waals surface area (Å²) in [4.78, 5) is 13.8. The maximum absolute atomic E-state index is 11.9. The molecular weight excluding hydrogens is 214 g/mol. The number of hydrogen-bond acceptors (Lipinski definition) is 2. The van der Waals surface area contributed by atoms with Crippen molar-refractivity contribution in [3.8, 4) is 0 Å². The molecule has 17 heavy (non-hydrogen) atoms. The first-order chi connectivity index (χ1) is 8.13. The predicted octanol–water partition coefficient (Wildman–Crippen LogP) is 1.84. The van der Waals surface area contributed by atoms with Gasteiger partial charge in [0, 0.05) is 19.1 Å². The van der Waals surface area contributed by atoms with Gasteiger partial charge in [-0.05, 0) is 19.3 Å². The molecule has 4 heteroatoms. The van der Waals surface area contributed by atoms with Gasteiger partial charge in [-0.1, -0.05) is 32.6 Å². The van der Waals surface area contributed by atoms with Crippen LogP contribution >= 0.6 is 0 Å². The minimum absolute atomic E-state index is 0.0917. The Hall–Kier alpha value is -0.770. The van der Waals surface area contributed by atoms with E-state index in [0.29, 0.717) is 6.04 Å². The molecule has 0 radical (unpaired) electrons. The zero-order chi connectivity index (χ0) is 12.3. The standard InChI is InChI=1S/C13H25N3O/c1-2-8-13(14)9-16(10-13)12(17)15-11-6-4-3-5-7-11/h11H,2-10,14H2,1H3,(H,15,17). The average molecular weight is 239 g/mol. The second-order valence-electron chi connectivity index (χ2n) is 5.75. The summed E-state index contributed by atoms with van der Waals surface area (Å²) in [6.07, 6.45) is 8.21. The topological polar surface area (TPSA) is 58.4 Å². The van der Waals surface area contributed by atoms with E-state index in [-0.39, 0.29) is 11.6 Å². The van der Waals surface area contributed by atoms with Crippen molar-refractivity contribution in [2.24, 2.45) is 5.73 Å². The molecule has 0 spiro atoms. The molecule has 3 N–H and O–H groups in total. The smallest absolute Gasteiger partial charge is 0.317 e. The van der Waals surface area contributed by atoms with Crippen molar-refractivity contribution in [2.45, 2.75) is 63.5 Å². The molecule has 0 bridgehead atoms. The highest BCUT2D eigenvalue weighted by Crippen LogP contribution is 2.24. The lowest BCUT2D eigenvalue weighted by atomic mass is 9.86. The third-order valence-corrected chi connectivity index (χ3v) is 3.98. The van der Waals surface area contributed by atoms with Crippen LogP contribution in [0.5, 0.6) is 0 Å². The van der Waals surface area contributed by atoms with Crippen LogP contribution in [0.2, 0.25) is 0 Å². The SMILES string of the molecule is CCCC1(N)CN(C(=O)NC2CCCCC2)C1. The van der Waals surface area contributed by atoms with Gasteiger partial charge in [-0.3, -0.25) is 0 Å². The molecule has 98 valence electrons. The van der Waals surface area contributed by atoms with E-state index in [2.05, 4.69) is 12.2 Å². The highest BCUT2D eigenvalue weighted by atomic mass is 16.2. The molecule has 1 heterocycles. The minimum Gasteiger partial charge on any atom is -0.335 e. The van der Waals surface area contributed by atoms with Crippen LogP contribution in [0.25, 0.3) is 0 Å². The van der Waals surface area contributed by atoms with Crippen molar-refractivity contribution in [1.82, 2.24) is 10.2 Å². The Morgan fingerprint density at radius 2 is 2.00 bits per heavy atom. The molecule has 1 aliphatic carbocycles. The zero-order valence-corrected chi connectivity index (χ0v) is 10.9. The first-order valence-electron chi connectivity index (χ1n) is 6.97. The number of hydrogen-bond donors (Lipinski definition) is 2. The molecule has 4 nitrogen and oxygen atoms in total. The van der Waals surface area contributed by atoms with Crippen LogP contribution in [0, 0.1) is 0 Å². The molecule has 2 fully saturated rings. The summed E-state index contributed by atoms with van der Waals surface area (Å²) in [6, 6.07) is 0.490. The summed E-state index contributed by atoms with van der Waals surface area (Å²) in [7, 11) is 0. The van der Waals surface area contributed by atoms with Gasteiger partial charge in [-0.15, -0.1) is 0 Å². The van der Waals surface area contributed by atoms with Crippen LogP contribution in [-0.4, -0.2) is 35.6 Å². The maximum atomic E-state index is 11.9. The second kappa shape index (κ2) is 5.25. The van der Waals surface area contributed by atoms with E-state index in [4.69, 9.17) is 5.73 Å². The third kappa shape index (κ3) is 3.12.